The van der Waals surface area contributed by atoms with Crippen molar-refractivity contribution in [2.75, 3.05) is 0 Å². The number of carbonyl (C=O) groups is 1. The van der Waals surface area contributed by atoms with E-state index in [4.69, 9.17) is 0 Å². The minimum atomic E-state index is -0.199. The summed E-state index contributed by atoms with van der Waals surface area (Å²) in [4.78, 5) is 9.94. The van der Waals surface area contributed by atoms with Crippen LogP contribution >= 0.6 is 0 Å². The van der Waals surface area contributed by atoms with Crippen LogP contribution in [-0.4, -0.2) is 16.9 Å². The topological polar surface area (TPSA) is 26.3 Å². The SMILES string of the molecule is CC1=COC1=O.[Si]. The van der Waals surface area contributed by atoms with Crippen LogP contribution in [0, 0.1) is 0 Å². The number of hydrogen-bond donors (Lipinski definition) is 0. The van der Waals surface area contributed by atoms with E-state index in [9.17, 15) is 4.79 Å². The van der Waals surface area contributed by atoms with Gasteiger partial charge in [0.25, 0.3) is 0 Å². The lowest BCUT2D eigenvalue weighted by Gasteiger charge is -2.05. The van der Waals surface area contributed by atoms with Gasteiger partial charge in [-0.2, -0.15) is 0 Å². The van der Waals surface area contributed by atoms with E-state index >= 15 is 0 Å². The average Bonchev–Trinajstić information content (AvgIpc) is 1.61. The van der Waals surface area contributed by atoms with Crippen molar-refractivity contribution < 1.29 is 9.53 Å². The summed E-state index contributed by atoms with van der Waals surface area (Å²) in [6, 6.07) is 0. The van der Waals surface area contributed by atoms with Crippen molar-refractivity contribution in [1.29, 1.82) is 0 Å². The third-order valence-corrected chi connectivity index (χ3v) is 0.665. The number of esters is 1. The predicted octanol–water partition coefficient (Wildman–Crippen LogP) is 0.0662. The lowest BCUT2D eigenvalue weighted by atomic mass is 10.3. The first-order chi connectivity index (χ1) is 2.80. The van der Waals surface area contributed by atoms with E-state index in [1.807, 2.05) is 0 Å². The van der Waals surface area contributed by atoms with Crippen molar-refractivity contribution in [3.05, 3.63) is 11.8 Å². The first kappa shape index (κ1) is 6.43. The van der Waals surface area contributed by atoms with Gasteiger partial charge in [-0.1, -0.05) is 0 Å². The standard InChI is InChI=1S/C4H4O2.Si/c1-3-2-6-4(3)5;/h2H,1H3;. The summed E-state index contributed by atoms with van der Waals surface area (Å²) < 4.78 is 4.24. The molecule has 1 aliphatic rings. The molecule has 4 radical (unpaired) electrons. The lowest BCUT2D eigenvalue weighted by molar-refractivity contribution is -0.138. The normalized spacial score (nSPS) is 15.6. The van der Waals surface area contributed by atoms with Crippen LogP contribution in [0.4, 0.5) is 0 Å². The largest absolute Gasteiger partial charge is 0.430 e. The Labute approximate surface area is 46.2 Å². The molecule has 0 atom stereocenters. The van der Waals surface area contributed by atoms with Gasteiger partial charge >= 0.3 is 5.97 Å². The molecule has 36 valence electrons. The Balaban J connectivity index is 0.000000360. The van der Waals surface area contributed by atoms with Gasteiger partial charge in [-0.05, 0) is 6.92 Å². The molecule has 0 saturated heterocycles. The Morgan fingerprint density at radius 1 is 1.71 bits per heavy atom. The third kappa shape index (κ3) is 0.897. The van der Waals surface area contributed by atoms with Gasteiger partial charge in [0, 0.05) is 11.0 Å². The maximum absolute atomic E-state index is 9.94. The Kier molecular flexibility index (Phi) is 1.77. The molecule has 0 aromatic heterocycles. The molecule has 0 aliphatic carbocycles. The number of ether oxygens (including phenoxy) is 1. The van der Waals surface area contributed by atoms with Crippen LogP contribution in [0.15, 0.2) is 11.8 Å². The van der Waals surface area contributed by atoms with E-state index in [1.54, 1.807) is 6.92 Å². The molecule has 3 heteroatoms. The van der Waals surface area contributed by atoms with Gasteiger partial charge in [0.15, 0.2) is 0 Å². The molecule has 1 heterocycles. The van der Waals surface area contributed by atoms with Gasteiger partial charge in [-0.25, -0.2) is 4.79 Å². The molecule has 1 aliphatic heterocycles. The zero-order valence-corrected chi connectivity index (χ0v) is 4.89. The van der Waals surface area contributed by atoms with Crippen molar-refractivity contribution in [3.8, 4) is 0 Å². The van der Waals surface area contributed by atoms with Gasteiger partial charge in [0.1, 0.15) is 6.26 Å². The van der Waals surface area contributed by atoms with Crippen LogP contribution in [0.25, 0.3) is 0 Å². The molecule has 2 nitrogen and oxygen atoms in total. The van der Waals surface area contributed by atoms with Crippen molar-refractivity contribution >= 4 is 16.9 Å². The van der Waals surface area contributed by atoms with Crippen LogP contribution in [0.2, 0.25) is 0 Å². The molecule has 0 aromatic rings. The van der Waals surface area contributed by atoms with E-state index in [2.05, 4.69) is 4.74 Å². The van der Waals surface area contributed by atoms with Crippen LogP contribution in [0.3, 0.4) is 0 Å². The molecule has 0 bridgehead atoms. The smallest absolute Gasteiger partial charge is 0.341 e. The fraction of sp³-hybridized carbons (Fsp3) is 0.250. The first-order valence-corrected chi connectivity index (χ1v) is 1.68. The molecule has 1 rings (SSSR count). The fourth-order valence-electron chi connectivity index (χ4n) is 0.225. The quantitative estimate of drug-likeness (QED) is 0.327. The van der Waals surface area contributed by atoms with Crippen LogP contribution in [-0.2, 0) is 9.53 Å². The number of rotatable bonds is 0. The first-order valence-electron chi connectivity index (χ1n) is 1.68. The zero-order chi connectivity index (χ0) is 4.57. The van der Waals surface area contributed by atoms with Crippen LogP contribution < -0.4 is 0 Å². The zero-order valence-electron chi connectivity index (χ0n) is 3.89. The summed E-state index contributed by atoms with van der Waals surface area (Å²) >= 11 is 0. The highest BCUT2D eigenvalue weighted by Crippen LogP contribution is 2.06. The Bertz CT molecular complexity index is 117. The van der Waals surface area contributed by atoms with E-state index in [0.717, 1.165) is 0 Å². The highest BCUT2D eigenvalue weighted by atomic mass is 28.1. The molecule has 0 fully saturated rings. The van der Waals surface area contributed by atoms with Crippen LogP contribution in [0.1, 0.15) is 6.92 Å². The average molecular weight is 112 g/mol. The second kappa shape index (κ2) is 1.93. The predicted molar refractivity (Wildman–Crippen MR) is 25.6 cm³/mol. The van der Waals surface area contributed by atoms with Gasteiger partial charge in [-0.3, -0.25) is 0 Å². The molecule has 0 amide bonds. The van der Waals surface area contributed by atoms with Crippen molar-refractivity contribution in [2.24, 2.45) is 0 Å². The Hall–Kier alpha value is -0.573. The van der Waals surface area contributed by atoms with Crippen molar-refractivity contribution in [3.63, 3.8) is 0 Å². The lowest BCUT2D eigenvalue weighted by Crippen LogP contribution is -2.10. The van der Waals surface area contributed by atoms with Crippen molar-refractivity contribution in [2.45, 2.75) is 6.92 Å². The van der Waals surface area contributed by atoms with Gasteiger partial charge in [0.2, 0.25) is 0 Å². The third-order valence-electron chi connectivity index (χ3n) is 0.665. The molecule has 0 unspecified atom stereocenters. The maximum Gasteiger partial charge on any atom is 0.341 e. The maximum atomic E-state index is 9.94. The van der Waals surface area contributed by atoms with E-state index < -0.39 is 0 Å². The number of hydrogen-bond acceptors (Lipinski definition) is 2. The second-order valence-corrected chi connectivity index (χ2v) is 1.21. The highest BCUT2D eigenvalue weighted by molar-refractivity contribution is 5.92. The Morgan fingerprint density at radius 2 is 2.14 bits per heavy atom. The number of cyclic esters (lactones) is 1. The minimum Gasteiger partial charge on any atom is -0.430 e. The monoisotopic (exact) mass is 112 g/mol. The minimum absolute atomic E-state index is 0. The summed E-state index contributed by atoms with van der Waals surface area (Å²) in [5.74, 6) is -0.199. The molecular weight excluding hydrogens is 108 g/mol. The molecule has 0 N–H and O–H groups in total. The van der Waals surface area contributed by atoms with Gasteiger partial charge in [-0.15, -0.1) is 0 Å². The Morgan fingerprint density at radius 3 is 2.14 bits per heavy atom. The van der Waals surface area contributed by atoms with E-state index in [1.165, 1.54) is 6.26 Å². The number of carbonyl (C=O) groups excluding carboxylic acids is 1. The molecule has 0 saturated carbocycles. The summed E-state index contributed by atoms with van der Waals surface area (Å²) in [7, 11) is 0. The fourth-order valence-corrected chi connectivity index (χ4v) is 0.225. The summed E-state index contributed by atoms with van der Waals surface area (Å²) in [6.45, 7) is 1.71. The molecular formula is C4H4O2Si. The molecule has 0 spiro atoms. The highest BCUT2D eigenvalue weighted by Gasteiger charge is 2.12. The summed E-state index contributed by atoms with van der Waals surface area (Å²) in [6.07, 6.45) is 1.43. The van der Waals surface area contributed by atoms with E-state index in [0.29, 0.717) is 5.57 Å². The summed E-state index contributed by atoms with van der Waals surface area (Å²) in [5, 5.41) is 0. The van der Waals surface area contributed by atoms with E-state index in [-0.39, 0.29) is 16.9 Å². The second-order valence-electron chi connectivity index (χ2n) is 1.21. The molecule has 0 aromatic carbocycles. The summed E-state index contributed by atoms with van der Waals surface area (Å²) in [5.41, 5.74) is 0.704. The van der Waals surface area contributed by atoms with Gasteiger partial charge in [0.05, 0.1) is 5.57 Å². The van der Waals surface area contributed by atoms with Crippen molar-refractivity contribution in [1.82, 2.24) is 0 Å². The van der Waals surface area contributed by atoms with Gasteiger partial charge < -0.3 is 4.74 Å². The molecule has 7 heavy (non-hydrogen) atoms. The van der Waals surface area contributed by atoms with Crippen LogP contribution in [0.5, 0.6) is 0 Å².